The summed E-state index contributed by atoms with van der Waals surface area (Å²) in [7, 11) is 0. The van der Waals surface area contributed by atoms with Crippen LogP contribution in [0.2, 0.25) is 0 Å². The molecule has 0 saturated carbocycles. The lowest BCUT2D eigenvalue weighted by atomic mass is 9.94. The first-order chi connectivity index (χ1) is 8.60. The minimum absolute atomic E-state index is 0.0606. The van der Waals surface area contributed by atoms with Gasteiger partial charge in [-0.05, 0) is 18.3 Å². The van der Waals surface area contributed by atoms with E-state index < -0.39 is 5.92 Å². The molecular formula is C13H20N4O. The molecule has 1 aromatic heterocycles. The lowest BCUT2D eigenvalue weighted by molar-refractivity contribution is -0.110. The summed E-state index contributed by atoms with van der Waals surface area (Å²) in [6, 6.07) is 2.01. The zero-order chi connectivity index (χ0) is 13.5. The summed E-state index contributed by atoms with van der Waals surface area (Å²) in [6.45, 7) is 6.85. The van der Waals surface area contributed by atoms with E-state index in [2.05, 4.69) is 29.4 Å². The van der Waals surface area contributed by atoms with Gasteiger partial charge in [0.15, 0.2) is 0 Å². The second-order valence-corrected chi connectivity index (χ2v) is 4.84. The Kier molecular flexibility index (Phi) is 5.37. The van der Waals surface area contributed by atoms with E-state index in [4.69, 9.17) is 5.26 Å². The summed E-state index contributed by atoms with van der Waals surface area (Å²) in [5.74, 6) is 0.880. The van der Waals surface area contributed by atoms with E-state index in [1.165, 1.54) is 0 Å². The van der Waals surface area contributed by atoms with Gasteiger partial charge in [0.25, 0.3) is 0 Å². The molecular weight excluding hydrogens is 228 g/mol. The molecule has 2 atom stereocenters. The van der Waals surface area contributed by atoms with Gasteiger partial charge in [0.1, 0.15) is 18.0 Å². The van der Waals surface area contributed by atoms with Crippen molar-refractivity contribution in [3.8, 4) is 6.07 Å². The van der Waals surface area contributed by atoms with E-state index in [0.717, 1.165) is 30.6 Å². The van der Waals surface area contributed by atoms with E-state index in [9.17, 15) is 4.79 Å². The van der Waals surface area contributed by atoms with Gasteiger partial charge in [-0.1, -0.05) is 20.8 Å². The molecule has 0 saturated heterocycles. The van der Waals surface area contributed by atoms with E-state index in [-0.39, 0.29) is 5.92 Å². The first-order valence-electron chi connectivity index (χ1n) is 6.22. The molecule has 0 amide bonds. The number of nitriles is 1. The molecule has 0 aliphatic heterocycles. The van der Waals surface area contributed by atoms with Gasteiger partial charge in [-0.3, -0.25) is 5.10 Å². The summed E-state index contributed by atoms with van der Waals surface area (Å²) in [6.07, 6.45) is 3.31. The van der Waals surface area contributed by atoms with Crippen LogP contribution in [-0.2, 0) is 4.79 Å². The number of nitrogens with one attached hydrogen (secondary N) is 2. The number of nitrogens with zero attached hydrogens (tertiary/aromatic N) is 2. The minimum Gasteiger partial charge on any atom is -0.370 e. The Labute approximate surface area is 108 Å². The van der Waals surface area contributed by atoms with E-state index >= 15 is 0 Å². The minimum atomic E-state index is -0.516. The summed E-state index contributed by atoms with van der Waals surface area (Å²) in [4.78, 5) is 10.7. The number of rotatable bonds is 7. The Bertz CT molecular complexity index is 419. The molecule has 0 fully saturated rings. The zero-order valence-corrected chi connectivity index (χ0v) is 11.1. The number of carbonyl (C=O) groups is 1. The summed E-state index contributed by atoms with van der Waals surface area (Å²) in [5.41, 5.74) is 1.15. The topological polar surface area (TPSA) is 81.6 Å². The molecule has 0 spiro atoms. The Balaban J connectivity index is 2.44. The van der Waals surface area contributed by atoms with Gasteiger partial charge in [0.2, 0.25) is 0 Å². The van der Waals surface area contributed by atoms with Gasteiger partial charge < -0.3 is 10.1 Å². The predicted octanol–water partition coefficient (Wildman–Crippen LogP) is 2.31. The fourth-order valence-electron chi connectivity index (χ4n) is 1.77. The van der Waals surface area contributed by atoms with Gasteiger partial charge in [-0.15, -0.1) is 0 Å². The third-order valence-electron chi connectivity index (χ3n) is 3.10. The quantitative estimate of drug-likeness (QED) is 0.725. The second-order valence-electron chi connectivity index (χ2n) is 4.84. The molecule has 0 aliphatic rings. The molecule has 0 radical (unpaired) electrons. The van der Waals surface area contributed by atoms with Crippen LogP contribution < -0.4 is 5.32 Å². The number of hydrogen-bond acceptors (Lipinski definition) is 4. The van der Waals surface area contributed by atoms with Crippen molar-refractivity contribution in [3.63, 3.8) is 0 Å². The fourth-order valence-corrected chi connectivity index (χ4v) is 1.77. The molecule has 1 heterocycles. The molecule has 2 unspecified atom stereocenters. The molecule has 5 nitrogen and oxygen atoms in total. The van der Waals surface area contributed by atoms with Crippen LogP contribution in [-0.4, -0.2) is 23.0 Å². The van der Waals surface area contributed by atoms with E-state index in [1.807, 2.05) is 19.2 Å². The highest BCUT2D eigenvalue weighted by molar-refractivity contribution is 5.57. The number of hydrogen-bond donors (Lipinski definition) is 2. The van der Waals surface area contributed by atoms with Crippen LogP contribution in [0, 0.1) is 23.2 Å². The number of aromatic nitrogens is 2. The highest BCUT2D eigenvalue weighted by Gasteiger charge is 2.15. The second kappa shape index (κ2) is 6.80. The molecule has 5 heteroatoms. The average molecular weight is 248 g/mol. The monoisotopic (exact) mass is 248 g/mol. The zero-order valence-electron chi connectivity index (χ0n) is 11.1. The Hall–Kier alpha value is -1.83. The molecule has 0 aromatic carbocycles. The van der Waals surface area contributed by atoms with Crippen molar-refractivity contribution in [1.29, 1.82) is 5.26 Å². The normalized spacial score (nSPS) is 13.9. The summed E-state index contributed by atoms with van der Waals surface area (Å²) < 4.78 is 0. The molecule has 18 heavy (non-hydrogen) atoms. The maximum atomic E-state index is 10.7. The Morgan fingerprint density at radius 3 is 2.83 bits per heavy atom. The maximum absolute atomic E-state index is 10.7. The van der Waals surface area contributed by atoms with Crippen LogP contribution in [0.15, 0.2) is 6.20 Å². The van der Waals surface area contributed by atoms with E-state index in [1.54, 1.807) is 0 Å². The van der Waals surface area contributed by atoms with Gasteiger partial charge in [0.05, 0.1) is 12.3 Å². The third-order valence-corrected chi connectivity index (χ3v) is 3.10. The van der Waals surface area contributed by atoms with Gasteiger partial charge in [0, 0.05) is 12.1 Å². The van der Waals surface area contributed by atoms with Crippen LogP contribution >= 0.6 is 0 Å². The van der Waals surface area contributed by atoms with Crippen LogP contribution in [0.3, 0.4) is 0 Å². The molecule has 2 N–H and O–H groups in total. The maximum Gasteiger partial charge on any atom is 0.137 e. The van der Waals surface area contributed by atoms with Gasteiger partial charge in [-0.2, -0.15) is 10.4 Å². The number of anilines is 1. The van der Waals surface area contributed by atoms with Crippen molar-refractivity contribution in [3.05, 3.63) is 11.8 Å². The van der Waals surface area contributed by atoms with Crippen LogP contribution in [0.25, 0.3) is 0 Å². The SMILES string of the molecule is CC(C)c1cn[nH]c1NCCC(C)C(C#N)C=O. The van der Waals surface area contributed by atoms with Crippen LogP contribution in [0.1, 0.15) is 38.7 Å². The number of H-pyrrole nitrogens is 1. The van der Waals surface area contributed by atoms with Gasteiger partial charge in [-0.25, -0.2) is 0 Å². The fraction of sp³-hybridized carbons (Fsp3) is 0.615. The molecule has 98 valence electrons. The van der Waals surface area contributed by atoms with Crippen molar-refractivity contribution in [2.24, 2.45) is 11.8 Å². The van der Waals surface area contributed by atoms with Crippen LogP contribution in [0.5, 0.6) is 0 Å². The Morgan fingerprint density at radius 2 is 2.28 bits per heavy atom. The van der Waals surface area contributed by atoms with Crippen LogP contribution in [0.4, 0.5) is 5.82 Å². The first kappa shape index (κ1) is 14.2. The highest BCUT2D eigenvalue weighted by atomic mass is 16.1. The molecule has 0 aliphatic carbocycles. The predicted molar refractivity (Wildman–Crippen MR) is 70.1 cm³/mol. The lowest BCUT2D eigenvalue weighted by Gasteiger charge is -2.14. The van der Waals surface area contributed by atoms with Crippen molar-refractivity contribution in [1.82, 2.24) is 10.2 Å². The van der Waals surface area contributed by atoms with Crippen molar-refractivity contribution in [2.75, 3.05) is 11.9 Å². The first-order valence-corrected chi connectivity index (χ1v) is 6.22. The Morgan fingerprint density at radius 1 is 1.56 bits per heavy atom. The molecule has 1 rings (SSSR count). The number of carbonyl (C=O) groups excluding carboxylic acids is 1. The highest BCUT2D eigenvalue weighted by Crippen LogP contribution is 2.21. The lowest BCUT2D eigenvalue weighted by Crippen LogP contribution is -2.16. The molecule has 1 aromatic rings. The smallest absolute Gasteiger partial charge is 0.137 e. The average Bonchev–Trinajstić information content (AvgIpc) is 2.79. The van der Waals surface area contributed by atoms with Crippen molar-refractivity contribution >= 4 is 12.1 Å². The number of aldehydes is 1. The summed E-state index contributed by atoms with van der Waals surface area (Å²) >= 11 is 0. The van der Waals surface area contributed by atoms with Gasteiger partial charge >= 0.3 is 0 Å². The largest absolute Gasteiger partial charge is 0.370 e. The van der Waals surface area contributed by atoms with E-state index in [0.29, 0.717) is 5.92 Å². The third kappa shape index (κ3) is 3.59. The van der Waals surface area contributed by atoms with Crippen molar-refractivity contribution in [2.45, 2.75) is 33.1 Å². The summed E-state index contributed by atoms with van der Waals surface area (Å²) in [5, 5.41) is 19.0. The number of aromatic amines is 1. The molecule has 0 bridgehead atoms. The van der Waals surface area contributed by atoms with Crippen molar-refractivity contribution < 1.29 is 4.79 Å². The standard InChI is InChI=1S/C13H20N4O/c1-9(2)12-7-16-17-13(12)15-5-4-10(3)11(6-14)8-18/h7-11H,4-5H2,1-3H3,(H2,15,16,17).